The predicted molar refractivity (Wildman–Crippen MR) is 13.1 cm³/mol. The summed E-state index contributed by atoms with van der Waals surface area (Å²) in [6.45, 7) is 1.44. The van der Waals surface area contributed by atoms with Crippen molar-refractivity contribution in [1.29, 1.82) is 0 Å². The summed E-state index contributed by atoms with van der Waals surface area (Å²) in [6, 6.07) is 0. The normalized spacial score (nSPS) is 2.17. The van der Waals surface area contributed by atoms with Crippen LogP contribution in [0.2, 0.25) is 0 Å². The molecule has 0 radical (unpaired) electrons. The largest absolute Gasteiger partial charge is 4.00 e. The standard InChI is InChI=1S/C2H4O.2O.Ti/c1-2-3;;;/h2H,1H3;;;/q;2*-2;+4. The predicted octanol–water partition coefficient (Wildman–Crippen LogP) is -0.0349. The van der Waals surface area contributed by atoms with Crippen LogP contribution in [-0.4, -0.2) is 6.29 Å². The van der Waals surface area contributed by atoms with Gasteiger partial charge in [0.1, 0.15) is 6.29 Å². The molecule has 0 aromatic carbocycles. The first-order valence-corrected chi connectivity index (χ1v) is 0.813. The van der Waals surface area contributed by atoms with Gasteiger partial charge in [-0.05, 0) is 6.92 Å². The maximum atomic E-state index is 8.81. The minimum absolute atomic E-state index is 0. The third kappa shape index (κ3) is 508. The minimum Gasteiger partial charge on any atom is -2.00 e. The number of aldehydes is 1. The Kier molecular flexibility index (Phi) is 322. The molecule has 0 aromatic heterocycles. The van der Waals surface area contributed by atoms with E-state index in [4.69, 9.17) is 4.79 Å². The molecule has 0 aliphatic rings. The molecule has 3 nitrogen and oxygen atoms in total. The number of rotatable bonds is 0. The number of carbonyl (C=O) groups excluding carboxylic acids is 1. The SMILES string of the molecule is CC=O.[O-2].[O-2].[Ti+4]. The molecule has 0 saturated heterocycles. The first-order valence-electron chi connectivity index (χ1n) is 0.813. The van der Waals surface area contributed by atoms with Gasteiger partial charge in [-0.3, -0.25) is 0 Å². The van der Waals surface area contributed by atoms with Gasteiger partial charge in [-0.1, -0.05) is 0 Å². The van der Waals surface area contributed by atoms with Gasteiger partial charge in [0.25, 0.3) is 0 Å². The summed E-state index contributed by atoms with van der Waals surface area (Å²) in [5, 5.41) is 0. The van der Waals surface area contributed by atoms with Crippen molar-refractivity contribution in [3.63, 3.8) is 0 Å². The second kappa shape index (κ2) is 57.8. The van der Waals surface area contributed by atoms with Crippen molar-refractivity contribution in [3.05, 3.63) is 0 Å². The molecule has 4 heteroatoms. The molecule has 0 atom stereocenters. The Morgan fingerprint density at radius 1 is 1.33 bits per heavy atom. The Morgan fingerprint density at radius 3 is 1.33 bits per heavy atom. The zero-order chi connectivity index (χ0) is 2.71. The fourth-order valence-electron chi connectivity index (χ4n) is 0. The second-order valence-corrected chi connectivity index (χ2v) is 0.236. The van der Waals surface area contributed by atoms with Crippen LogP contribution in [0, 0.1) is 0 Å². The number of hydrogen-bond donors (Lipinski definition) is 0. The molecule has 0 aliphatic carbocycles. The van der Waals surface area contributed by atoms with Gasteiger partial charge >= 0.3 is 21.7 Å². The van der Waals surface area contributed by atoms with Gasteiger partial charge in [-0.15, -0.1) is 0 Å². The van der Waals surface area contributed by atoms with Gasteiger partial charge in [0, 0.05) is 0 Å². The topological polar surface area (TPSA) is 74.1 Å². The van der Waals surface area contributed by atoms with Gasteiger partial charge in [-0.25, -0.2) is 0 Å². The molecule has 6 heavy (non-hydrogen) atoms. The Labute approximate surface area is 51.2 Å². The van der Waals surface area contributed by atoms with Crippen molar-refractivity contribution in [1.82, 2.24) is 0 Å². The van der Waals surface area contributed by atoms with Gasteiger partial charge in [0.05, 0.1) is 0 Å². The number of carbonyl (C=O) groups is 1. The van der Waals surface area contributed by atoms with Crippen molar-refractivity contribution < 1.29 is 37.5 Å². The molecule has 0 amide bonds. The van der Waals surface area contributed by atoms with Crippen molar-refractivity contribution >= 4 is 6.29 Å². The molecule has 0 bridgehead atoms. The molecule has 0 aromatic rings. The summed E-state index contributed by atoms with van der Waals surface area (Å²) >= 11 is 0. The minimum atomic E-state index is 0. The smallest absolute Gasteiger partial charge is 2.00 e. The van der Waals surface area contributed by atoms with Gasteiger partial charge in [0.2, 0.25) is 0 Å². The Bertz CT molecular complexity index is 16.3. The van der Waals surface area contributed by atoms with E-state index in [2.05, 4.69) is 0 Å². The zero-order valence-corrected chi connectivity index (χ0v) is 4.86. The summed E-state index contributed by atoms with van der Waals surface area (Å²) < 4.78 is 0. The molecular weight excluding hydrogens is 120 g/mol. The van der Waals surface area contributed by atoms with E-state index in [9.17, 15) is 0 Å². The molecule has 0 rings (SSSR count). The first-order chi connectivity index (χ1) is 1.41. The third-order valence-electron chi connectivity index (χ3n) is 0. The van der Waals surface area contributed by atoms with E-state index in [0.29, 0.717) is 0 Å². The summed E-state index contributed by atoms with van der Waals surface area (Å²) in [6.07, 6.45) is 0.750. The molecular formula is C2H4O3Ti. The second-order valence-electron chi connectivity index (χ2n) is 0.236. The quantitative estimate of drug-likeness (QED) is 0.329. The van der Waals surface area contributed by atoms with Gasteiger partial charge in [0.15, 0.2) is 0 Å². The van der Waals surface area contributed by atoms with Crippen LogP contribution in [0.1, 0.15) is 6.92 Å². The van der Waals surface area contributed by atoms with Crippen LogP contribution in [0.15, 0.2) is 0 Å². The molecule has 0 unspecified atom stereocenters. The summed E-state index contributed by atoms with van der Waals surface area (Å²) in [5.74, 6) is 0. The van der Waals surface area contributed by atoms with Crippen molar-refractivity contribution in [2.75, 3.05) is 0 Å². The number of hydrogen-bond acceptors (Lipinski definition) is 1. The maximum absolute atomic E-state index is 8.81. The van der Waals surface area contributed by atoms with E-state index in [1.807, 2.05) is 0 Å². The monoisotopic (exact) mass is 124 g/mol. The molecule has 0 spiro atoms. The van der Waals surface area contributed by atoms with Crippen LogP contribution in [0.3, 0.4) is 0 Å². The average Bonchev–Trinajstić information content (AvgIpc) is 0.918. The van der Waals surface area contributed by atoms with Crippen LogP contribution >= 0.6 is 0 Å². The van der Waals surface area contributed by atoms with Crippen LogP contribution in [0.4, 0.5) is 0 Å². The van der Waals surface area contributed by atoms with Crippen LogP contribution in [0.5, 0.6) is 0 Å². The van der Waals surface area contributed by atoms with E-state index >= 15 is 0 Å². The van der Waals surface area contributed by atoms with Gasteiger partial charge < -0.3 is 15.7 Å². The Morgan fingerprint density at radius 2 is 1.33 bits per heavy atom. The molecule has 0 N–H and O–H groups in total. The average molecular weight is 124 g/mol. The summed E-state index contributed by atoms with van der Waals surface area (Å²) in [5.41, 5.74) is 0. The molecule has 0 heterocycles. The third-order valence-corrected chi connectivity index (χ3v) is 0. The fourth-order valence-corrected chi connectivity index (χ4v) is 0. The fraction of sp³-hybridized carbons (Fsp3) is 0.500. The maximum Gasteiger partial charge on any atom is 4.00 e. The molecule has 0 saturated carbocycles. The Balaban J connectivity index is -0.00000000667. The van der Waals surface area contributed by atoms with Crippen molar-refractivity contribution in [2.45, 2.75) is 6.92 Å². The van der Waals surface area contributed by atoms with E-state index in [1.54, 1.807) is 0 Å². The summed E-state index contributed by atoms with van der Waals surface area (Å²) in [4.78, 5) is 8.81. The zero-order valence-electron chi connectivity index (χ0n) is 3.30. The van der Waals surface area contributed by atoms with Crippen LogP contribution in [-0.2, 0) is 37.5 Å². The summed E-state index contributed by atoms with van der Waals surface area (Å²) in [7, 11) is 0. The van der Waals surface area contributed by atoms with Crippen LogP contribution < -0.4 is 0 Å². The van der Waals surface area contributed by atoms with E-state index < -0.39 is 0 Å². The molecule has 0 fully saturated rings. The van der Waals surface area contributed by atoms with Crippen LogP contribution in [0.25, 0.3) is 0 Å². The van der Waals surface area contributed by atoms with E-state index in [1.165, 1.54) is 6.92 Å². The van der Waals surface area contributed by atoms with Crippen molar-refractivity contribution in [3.8, 4) is 0 Å². The van der Waals surface area contributed by atoms with E-state index in [0.717, 1.165) is 6.29 Å². The Hall–Kier alpha value is 0.304. The van der Waals surface area contributed by atoms with E-state index in [-0.39, 0.29) is 32.7 Å². The molecule has 34 valence electrons. The first kappa shape index (κ1) is 33.4. The molecule has 0 aliphatic heterocycles. The van der Waals surface area contributed by atoms with Crippen molar-refractivity contribution in [2.24, 2.45) is 0 Å². The van der Waals surface area contributed by atoms with Gasteiger partial charge in [-0.2, -0.15) is 0 Å².